The van der Waals surface area contributed by atoms with Crippen molar-refractivity contribution in [2.75, 3.05) is 20.2 Å². The SMILES string of the molecule is CC.COC(=O)CNC(=O)OC(C)(C)C.O=C1CCCN1. The van der Waals surface area contributed by atoms with Gasteiger partial charge in [-0.2, -0.15) is 0 Å². The molecule has 0 unspecified atom stereocenters. The maximum Gasteiger partial charge on any atom is 0.408 e. The van der Waals surface area contributed by atoms with Gasteiger partial charge in [0.25, 0.3) is 0 Å². The third kappa shape index (κ3) is 16.2. The molecule has 1 fully saturated rings. The zero-order chi connectivity index (χ0) is 16.9. The van der Waals surface area contributed by atoms with Crippen molar-refractivity contribution in [2.45, 2.75) is 53.1 Å². The first-order chi connectivity index (χ1) is 9.74. The lowest BCUT2D eigenvalue weighted by Gasteiger charge is -2.19. The zero-order valence-corrected chi connectivity index (χ0v) is 13.9. The smallest absolute Gasteiger partial charge is 0.408 e. The van der Waals surface area contributed by atoms with Crippen LogP contribution in [-0.2, 0) is 19.1 Å². The highest BCUT2D eigenvalue weighted by molar-refractivity contribution is 5.78. The minimum atomic E-state index is -0.627. The van der Waals surface area contributed by atoms with Crippen LogP contribution in [0.15, 0.2) is 0 Å². The molecule has 21 heavy (non-hydrogen) atoms. The summed E-state index contributed by atoms with van der Waals surface area (Å²) < 4.78 is 9.20. The number of carbonyl (C=O) groups is 3. The van der Waals surface area contributed by atoms with Crippen molar-refractivity contribution in [3.63, 3.8) is 0 Å². The Kier molecular flexibility index (Phi) is 12.3. The van der Waals surface area contributed by atoms with Gasteiger partial charge in [0.15, 0.2) is 0 Å². The predicted octanol–water partition coefficient (Wildman–Crippen LogP) is 1.61. The summed E-state index contributed by atoms with van der Waals surface area (Å²) in [4.78, 5) is 31.7. The molecule has 7 nitrogen and oxygen atoms in total. The predicted molar refractivity (Wildman–Crippen MR) is 79.8 cm³/mol. The van der Waals surface area contributed by atoms with Crippen LogP contribution in [0.5, 0.6) is 0 Å². The second-order valence-corrected chi connectivity index (χ2v) is 4.89. The number of methoxy groups -OCH3 is 1. The van der Waals surface area contributed by atoms with Gasteiger partial charge in [-0.25, -0.2) is 4.79 Å². The van der Waals surface area contributed by atoms with E-state index in [1.807, 2.05) is 13.8 Å². The molecular formula is C14H28N2O5. The maximum absolute atomic E-state index is 10.9. The lowest BCUT2D eigenvalue weighted by atomic mass is 10.2. The van der Waals surface area contributed by atoms with Crippen LogP contribution in [0.3, 0.4) is 0 Å². The first kappa shape index (κ1) is 21.5. The normalized spacial score (nSPS) is 12.8. The summed E-state index contributed by atoms with van der Waals surface area (Å²) >= 11 is 0. The molecule has 0 spiro atoms. The van der Waals surface area contributed by atoms with E-state index in [1.165, 1.54) is 7.11 Å². The summed E-state index contributed by atoms with van der Waals surface area (Å²) in [5, 5.41) is 4.93. The minimum absolute atomic E-state index is 0.175. The van der Waals surface area contributed by atoms with E-state index in [0.29, 0.717) is 0 Å². The van der Waals surface area contributed by atoms with Crippen molar-refractivity contribution < 1.29 is 23.9 Å². The van der Waals surface area contributed by atoms with Gasteiger partial charge in [-0.3, -0.25) is 9.59 Å². The molecule has 0 radical (unpaired) electrons. The van der Waals surface area contributed by atoms with E-state index in [9.17, 15) is 14.4 Å². The number of carbonyl (C=O) groups excluding carboxylic acids is 3. The zero-order valence-electron chi connectivity index (χ0n) is 13.9. The van der Waals surface area contributed by atoms with Gasteiger partial charge in [0.05, 0.1) is 7.11 Å². The molecule has 0 saturated carbocycles. The highest BCUT2D eigenvalue weighted by Crippen LogP contribution is 2.05. The van der Waals surface area contributed by atoms with Crippen LogP contribution in [0, 0.1) is 0 Å². The van der Waals surface area contributed by atoms with Crippen molar-refractivity contribution in [1.29, 1.82) is 0 Å². The fourth-order valence-corrected chi connectivity index (χ4v) is 1.10. The van der Waals surface area contributed by atoms with Crippen LogP contribution in [0.1, 0.15) is 47.5 Å². The first-order valence-electron chi connectivity index (χ1n) is 7.05. The van der Waals surface area contributed by atoms with Crippen molar-refractivity contribution in [2.24, 2.45) is 0 Å². The van der Waals surface area contributed by atoms with Gasteiger partial charge in [0.1, 0.15) is 12.1 Å². The van der Waals surface area contributed by atoms with Crippen molar-refractivity contribution >= 4 is 18.0 Å². The Morgan fingerprint density at radius 1 is 1.29 bits per heavy atom. The molecule has 0 atom stereocenters. The molecule has 0 aromatic heterocycles. The molecule has 1 rings (SSSR count). The molecule has 0 aromatic carbocycles. The van der Waals surface area contributed by atoms with E-state index in [1.54, 1.807) is 20.8 Å². The van der Waals surface area contributed by atoms with Gasteiger partial charge in [-0.1, -0.05) is 13.8 Å². The molecule has 1 saturated heterocycles. The molecule has 1 aliphatic heterocycles. The van der Waals surface area contributed by atoms with Crippen molar-refractivity contribution in [1.82, 2.24) is 10.6 Å². The summed E-state index contributed by atoms with van der Waals surface area (Å²) in [6.07, 6.45) is 1.14. The fraction of sp³-hybridized carbons (Fsp3) is 0.786. The van der Waals surface area contributed by atoms with E-state index in [4.69, 9.17) is 4.74 Å². The Balaban J connectivity index is 0. The van der Waals surface area contributed by atoms with E-state index < -0.39 is 17.7 Å². The fourth-order valence-electron chi connectivity index (χ4n) is 1.10. The van der Waals surface area contributed by atoms with Crippen LogP contribution >= 0.6 is 0 Å². The first-order valence-corrected chi connectivity index (χ1v) is 7.05. The Morgan fingerprint density at radius 3 is 2.14 bits per heavy atom. The molecule has 2 amide bonds. The largest absolute Gasteiger partial charge is 0.468 e. The van der Waals surface area contributed by atoms with Gasteiger partial charge in [-0.15, -0.1) is 0 Å². The molecule has 124 valence electrons. The van der Waals surface area contributed by atoms with Crippen LogP contribution in [0.2, 0.25) is 0 Å². The molecule has 0 aromatic rings. The van der Waals surface area contributed by atoms with Crippen LogP contribution < -0.4 is 10.6 Å². The molecule has 7 heteroatoms. The topological polar surface area (TPSA) is 93.7 Å². The summed E-state index contributed by atoms with van der Waals surface area (Å²) in [7, 11) is 1.25. The highest BCUT2D eigenvalue weighted by atomic mass is 16.6. The summed E-state index contributed by atoms with van der Waals surface area (Å²) in [5.74, 6) is -0.305. The quantitative estimate of drug-likeness (QED) is 0.756. The molecule has 1 aliphatic rings. The van der Waals surface area contributed by atoms with E-state index >= 15 is 0 Å². The number of nitrogens with one attached hydrogen (secondary N) is 2. The van der Waals surface area contributed by atoms with E-state index in [2.05, 4.69) is 15.4 Å². The summed E-state index contributed by atoms with van der Waals surface area (Å²) in [6, 6.07) is 0. The van der Waals surface area contributed by atoms with Crippen molar-refractivity contribution in [3.8, 4) is 0 Å². The number of amides is 2. The molecule has 1 heterocycles. The second kappa shape index (κ2) is 12.0. The van der Waals surface area contributed by atoms with Gasteiger partial charge < -0.3 is 20.1 Å². The number of alkyl carbamates (subject to hydrolysis) is 1. The summed E-state index contributed by atoms with van der Waals surface area (Å²) in [6.45, 7) is 9.93. The third-order valence-electron chi connectivity index (χ3n) is 1.91. The van der Waals surface area contributed by atoms with E-state index in [-0.39, 0.29) is 12.5 Å². The van der Waals surface area contributed by atoms with E-state index in [0.717, 1.165) is 19.4 Å². The van der Waals surface area contributed by atoms with Crippen LogP contribution in [0.4, 0.5) is 4.79 Å². The maximum atomic E-state index is 10.9. The Labute approximate surface area is 126 Å². The molecule has 2 N–H and O–H groups in total. The third-order valence-corrected chi connectivity index (χ3v) is 1.91. The summed E-state index contributed by atoms with van der Waals surface area (Å²) in [5.41, 5.74) is -0.555. The second-order valence-electron chi connectivity index (χ2n) is 4.89. The van der Waals surface area contributed by atoms with Gasteiger partial charge in [0.2, 0.25) is 5.91 Å². The average Bonchev–Trinajstić information content (AvgIpc) is 2.88. The minimum Gasteiger partial charge on any atom is -0.468 e. The molecular weight excluding hydrogens is 276 g/mol. The van der Waals surface area contributed by atoms with Crippen LogP contribution in [-0.4, -0.2) is 43.8 Å². The number of rotatable bonds is 2. The monoisotopic (exact) mass is 304 g/mol. The Bertz CT molecular complexity index is 316. The standard InChI is InChI=1S/C8H15NO4.C4H7NO.C2H6/c1-8(2,3)13-7(11)9-5-6(10)12-4;6-4-2-1-3-5-4;1-2/h5H2,1-4H3,(H,9,11);1-3H2,(H,5,6);1-2H3. The number of esters is 1. The van der Waals surface area contributed by atoms with Crippen LogP contribution in [0.25, 0.3) is 0 Å². The van der Waals surface area contributed by atoms with Gasteiger partial charge >= 0.3 is 12.1 Å². The number of ether oxygens (including phenoxy) is 2. The average molecular weight is 304 g/mol. The highest BCUT2D eigenvalue weighted by Gasteiger charge is 2.16. The number of hydrogen-bond donors (Lipinski definition) is 2. The molecule has 0 aliphatic carbocycles. The Hall–Kier alpha value is -1.79. The number of hydrogen-bond acceptors (Lipinski definition) is 5. The molecule has 0 bridgehead atoms. The lowest BCUT2D eigenvalue weighted by Crippen LogP contribution is -2.35. The van der Waals surface area contributed by atoms with Gasteiger partial charge in [-0.05, 0) is 27.2 Å². The Morgan fingerprint density at radius 2 is 1.86 bits per heavy atom. The van der Waals surface area contributed by atoms with Crippen molar-refractivity contribution in [3.05, 3.63) is 0 Å². The van der Waals surface area contributed by atoms with Gasteiger partial charge in [0, 0.05) is 13.0 Å². The lowest BCUT2D eigenvalue weighted by molar-refractivity contribution is -0.139.